The van der Waals surface area contributed by atoms with Crippen LogP contribution >= 0.6 is 0 Å². The summed E-state index contributed by atoms with van der Waals surface area (Å²) in [6, 6.07) is 8.28. The Balaban J connectivity index is 1.99. The number of carbonyl (C=O) groups is 2. The molecule has 3 rings (SSSR count). The molecular weight excluding hydrogens is 300 g/mol. The molecule has 7 nitrogen and oxygen atoms in total. The van der Waals surface area contributed by atoms with Crippen LogP contribution in [0, 0.1) is 5.92 Å². The zero-order valence-corrected chi connectivity index (χ0v) is 12.3. The maximum absolute atomic E-state index is 12.8. The Kier molecular flexibility index (Phi) is 4.12. The fourth-order valence-corrected chi connectivity index (χ4v) is 2.70. The number of benzene rings is 1. The summed E-state index contributed by atoms with van der Waals surface area (Å²) < 4.78 is 5.25. The van der Waals surface area contributed by atoms with Gasteiger partial charge in [0.2, 0.25) is 5.56 Å². The van der Waals surface area contributed by atoms with Crippen LogP contribution < -0.4 is 5.56 Å². The van der Waals surface area contributed by atoms with E-state index in [2.05, 4.69) is 4.98 Å². The molecule has 2 heterocycles. The number of rotatable bonds is 2. The molecule has 2 aromatic rings. The third-order valence-corrected chi connectivity index (χ3v) is 3.88. The van der Waals surface area contributed by atoms with Crippen LogP contribution in [0.1, 0.15) is 10.4 Å². The number of aliphatic carboxylic acids is 1. The highest BCUT2D eigenvalue weighted by Gasteiger charge is 2.28. The van der Waals surface area contributed by atoms with Crippen LogP contribution in [0.5, 0.6) is 0 Å². The number of nitrogens with zero attached hydrogens (tertiary/aromatic N) is 1. The van der Waals surface area contributed by atoms with E-state index in [1.54, 1.807) is 24.3 Å². The standard InChI is InChI=1S/C16H16N2O5/c19-14-7-12(11-3-1-2-4-13(11)17-14)15(20)18-5-6-23-9-10(8-18)16(21)22/h1-4,7,10H,5-6,8-9H2,(H,17,19)(H,21,22). The van der Waals surface area contributed by atoms with Crippen LogP contribution in [0.15, 0.2) is 35.1 Å². The zero-order valence-electron chi connectivity index (χ0n) is 12.3. The van der Waals surface area contributed by atoms with Crippen molar-refractivity contribution < 1.29 is 19.4 Å². The molecule has 1 aliphatic heterocycles. The van der Waals surface area contributed by atoms with Crippen LogP contribution in [0.2, 0.25) is 0 Å². The Morgan fingerprint density at radius 1 is 1.30 bits per heavy atom. The Morgan fingerprint density at radius 3 is 2.87 bits per heavy atom. The second-order valence-electron chi connectivity index (χ2n) is 5.45. The number of aromatic nitrogens is 1. The molecule has 1 atom stereocenters. The topological polar surface area (TPSA) is 99.7 Å². The van der Waals surface area contributed by atoms with Crippen molar-refractivity contribution >= 4 is 22.8 Å². The van der Waals surface area contributed by atoms with Crippen molar-refractivity contribution in [3.63, 3.8) is 0 Å². The van der Waals surface area contributed by atoms with Crippen LogP contribution in [0.4, 0.5) is 0 Å². The molecule has 1 unspecified atom stereocenters. The maximum Gasteiger partial charge on any atom is 0.310 e. The number of H-pyrrole nitrogens is 1. The van der Waals surface area contributed by atoms with Crippen molar-refractivity contribution in [3.8, 4) is 0 Å². The fraction of sp³-hybridized carbons (Fsp3) is 0.312. The van der Waals surface area contributed by atoms with E-state index in [9.17, 15) is 19.5 Å². The number of amides is 1. The van der Waals surface area contributed by atoms with Gasteiger partial charge in [0.15, 0.2) is 0 Å². The van der Waals surface area contributed by atoms with Gasteiger partial charge in [-0.25, -0.2) is 0 Å². The summed E-state index contributed by atoms with van der Waals surface area (Å²) in [6.45, 7) is 0.713. The van der Waals surface area contributed by atoms with E-state index in [0.717, 1.165) is 0 Å². The first-order chi connectivity index (χ1) is 11.1. The lowest BCUT2D eigenvalue weighted by molar-refractivity contribution is -0.143. The van der Waals surface area contributed by atoms with E-state index in [-0.39, 0.29) is 36.8 Å². The smallest absolute Gasteiger partial charge is 0.310 e. The molecule has 23 heavy (non-hydrogen) atoms. The average Bonchev–Trinajstić information content (AvgIpc) is 2.79. The molecule has 0 spiro atoms. The van der Waals surface area contributed by atoms with Gasteiger partial charge in [-0.1, -0.05) is 18.2 Å². The Morgan fingerprint density at radius 2 is 2.09 bits per heavy atom. The van der Waals surface area contributed by atoms with Crippen LogP contribution in [0.25, 0.3) is 10.9 Å². The van der Waals surface area contributed by atoms with Gasteiger partial charge in [-0.3, -0.25) is 14.4 Å². The minimum atomic E-state index is -1.000. The molecule has 1 aromatic carbocycles. The van der Waals surface area contributed by atoms with Gasteiger partial charge in [-0.2, -0.15) is 0 Å². The number of aromatic amines is 1. The molecule has 120 valence electrons. The van der Waals surface area contributed by atoms with E-state index in [1.807, 2.05) is 0 Å². The number of carboxylic acid groups (broad SMARTS) is 1. The van der Waals surface area contributed by atoms with Gasteiger partial charge in [0.1, 0.15) is 0 Å². The average molecular weight is 316 g/mol. The maximum atomic E-state index is 12.8. The first-order valence-electron chi connectivity index (χ1n) is 7.28. The summed E-state index contributed by atoms with van der Waals surface area (Å²) >= 11 is 0. The Hall–Kier alpha value is -2.67. The first kappa shape index (κ1) is 15.2. The summed E-state index contributed by atoms with van der Waals surface area (Å²) in [5, 5.41) is 9.81. The zero-order chi connectivity index (χ0) is 16.4. The van der Waals surface area contributed by atoms with E-state index >= 15 is 0 Å². The largest absolute Gasteiger partial charge is 0.481 e. The number of pyridine rings is 1. The van der Waals surface area contributed by atoms with Crippen molar-refractivity contribution in [2.24, 2.45) is 5.92 Å². The minimum absolute atomic E-state index is 0.0648. The monoisotopic (exact) mass is 316 g/mol. The normalized spacial score (nSPS) is 18.6. The van der Waals surface area contributed by atoms with Crippen LogP contribution in [0.3, 0.4) is 0 Å². The lowest BCUT2D eigenvalue weighted by atomic mass is 10.1. The highest BCUT2D eigenvalue weighted by molar-refractivity contribution is 6.06. The molecule has 1 aliphatic rings. The van der Waals surface area contributed by atoms with Gasteiger partial charge in [-0.15, -0.1) is 0 Å². The number of ether oxygens (including phenoxy) is 1. The van der Waals surface area contributed by atoms with Crippen molar-refractivity contribution in [1.29, 1.82) is 0 Å². The molecule has 2 N–H and O–H groups in total. The molecular formula is C16H16N2O5. The molecule has 0 aliphatic carbocycles. The van der Waals surface area contributed by atoms with Crippen molar-refractivity contribution in [2.75, 3.05) is 26.3 Å². The number of hydrogen-bond donors (Lipinski definition) is 2. The molecule has 1 amide bonds. The summed E-state index contributed by atoms with van der Waals surface area (Å²) in [6.07, 6.45) is 0. The van der Waals surface area contributed by atoms with Gasteiger partial charge >= 0.3 is 5.97 Å². The molecule has 7 heteroatoms. The van der Waals surface area contributed by atoms with E-state index in [0.29, 0.717) is 17.4 Å². The highest BCUT2D eigenvalue weighted by atomic mass is 16.5. The lowest BCUT2D eigenvalue weighted by Gasteiger charge is -2.22. The van der Waals surface area contributed by atoms with Gasteiger partial charge in [0, 0.05) is 30.1 Å². The Bertz CT molecular complexity index is 813. The number of nitrogens with one attached hydrogen (secondary N) is 1. The molecule has 1 saturated heterocycles. The van der Waals surface area contributed by atoms with Crippen LogP contribution in [-0.4, -0.2) is 53.2 Å². The van der Waals surface area contributed by atoms with Crippen molar-refractivity contribution in [2.45, 2.75) is 0 Å². The number of para-hydroxylation sites is 1. The minimum Gasteiger partial charge on any atom is -0.481 e. The molecule has 0 radical (unpaired) electrons. The van der Waals surface area contributed by atoms with E-state index in [1.165, 1.54) is 11.0 Å². The fourth-order valence-electron chi connectivity index (χ4n) is 2.70. The first-order valence-corrected chi connectivity index (χ1v) is 7.28. The highest BCUT2D eigenvalue weighted by Crippen LogP contribution is 2.18. The molecule has 0 bridgehead atoms. The molecule has 1 fully saturated rings. The predicted molar refractivity (Wildman–Crippen MR) is 82.4 cm³/mol. The second-order valence-corrected chi connectivity index (χ2v) is 5.45. The van der Waals surface area contributed by atoms with Gasteiger partial charge in [-0.05, 0) is 6.07 Å². The van der Waals surface area contributed by atoms with Gasteiger partial charge in [0.25, 0.3) is 5.91 Å². The summed E-state index contributed by atoms with van der Waals surface area (Å²) in [5.41, 5.74) is 0.479. The van der Waals surface area contributed by atoms with Gasteiger partial charge in [0.05, 0.1) is 24.7 Å². The van der Waals surface area contributed by atoms with Crippen LogP contribution in [-0.2, 0) is 9.53 Å². The molecule has 1 aromatic heterocycles. The summed E-state index contributed by atoms with van der Waals surface area (Å²) in [7, 11) is 0. The quantitative estimate of drug-likeness (QED) is 0.849. The van der Waals surface area contributed by atoms with Gasteiger partial charge < -0.3 is 19.7 Å². The summed E-state index contributed by atoms with van der Waals surface area (Å²) in [4.78, 5) is 39.9. The third kappa shape index (κ3) is 3.09. The predicted octanol–water partition coefficient (Wildman–Crippen LogP) is 0.701. The summed E-state index contributed by atoms with van der Waals surface area (Å²) in [5.74, 6) is -2.13. The number of hydrogen-bond acceptors (Lipinski definition) is 4. The SMILES string of the molecule is O=C(O)C1COCCN(C(=O)c2cc(=O)[nH]c3ccccc23)C1. The van der Waals surface area contributed by atoms with Crippen molar-refractivity contribution in [1.82, 2.24) is 9.88 Å². The lowest BCUT2D eigenvalue weighted by Crippen LogP contribution is -2.38. The third-order valence-electron chi connectivity index (χ3n) is 3.88. The van der Waals surface area contributed by atoms with E-state index in [4.69, 9.17) is 4.74 Å². The van der Waals surface area contributed by atoms with E-state index < -0.39 is 11.9 Å². The molecule has 0 saturated carbocycles. The number of carbonyl (C=O) groups excluding carboxylic acids is 1. The van der Waals surface area contributed by atoms with Crippen molar-refractivity contribution in [3.05, 3.63) is 46.2 Å². The Labute approximate surface area is 131 Å². The second kappa shape index (κ2) is 6.21. The number of carboxylic acids is 1. The number of fused-ring (bicyclic) bond motifs is 1.